The SMILES string of the molecule is Cc1nnc(SCC(=O)N[C@H](C)c2ccc3c(c2)OCCO3)n1C1CC1. The lowest BCUT2D eigenvalue weighted by atomic mass is 10.1. The second kappa shape index (κ2) is 7.19. The number of aromatic nitrogens is 3. The molecule has 0 radical (unpaired) electrons. The Balaban J connectivity index is 1.34. The van der Waals surface area contributed by atoms with E-state index < -0.39 is 0 Å². The van der Waals surface area contributed by atoms with Gasteiger partial charge in [0.1, 0.15) is 19.0 Å². The van der Waals surface area contributed by atoms with Crippen LogP contribution in [0.2, 0.25) is 0 Å². The van der Waals surface area contributed by atoms with Crippen molar-refractivity contribution in [1.82, 2.24) is 20.1 Å². The minimum atomic E-state index is -0.109. The number of hydrogen-bond donors (Lipinski definition) is 1. The zero-order chi connectivity index (χ0) is 18.1. The van der Waals surface area contributed by atoms with Gasteiger partial charge in [-0.25, -0.2) is 0 Å². The second-order valence-electron chi connectivity index (χ2n) is 6.61. The highest BCUT2D eigenvalue weighted by Crippen LogP contribution is 2.38. The Kier molecular flexibility index (Phi) is 4.76. The van der Waals surface area contributed by atoms with E-state index in [2.05, 4.69) is 20.1 Å². The molecule has 0 spiro atoms. The van der Waals surface area contributed by atoms with Gasteiger partial charge in [-0.15, -0.1) is 10.2 Å². The smallest absolute Gasteiger partial charge is 0.230 e. The lowest BCUT2D eigenvalue weighted by Crippen LogP contribution is -2.28. The molecular formula is C18H22N4O3S. The number of carbonyl (C=O) groups excluding carboxylic acids is 1. The van der Waals surface area contributed by atoms with Crippen LogP contribution >= 0.6 is 11.8 Å². The van der Waals surface area contributed by atoms with E-state index in [1.54, 1.807) is 0 Å². The fourth-order valence-corrected chi connectivity index (χ4v) is 3.89. The molecule has 7 nitrogen and oxygen atoms in total. The zero-order valence-corrected chi connectivity index (χ0v) is 15.7. The number of rotatable bonds is 6. The maximum Gasteiger partial charge on any atom is 0.230 e. The first-order valence-corrected chi connectivity index (χ1v) is 9.83. The standard InChI is InChI=1S/C18H22N4O3S/c1-11(13-3-6-15-16(9-13)25-8-7-24-15)19-17(23)10-26-18-21-20-12(2)22(18)14-4-5-14/h3,6,9,11,14H,4-5,7-8,10H2,1-2H3,(H,19,23)/t11-/m1/s1. The molecule has 2 heterocycles. The summed E-state index contributed by atoms with van der Waals surface area (Å²) in [6, 6.07) is 6.18. The van der Waals surface area contributed by atoms with Crippen molar-refractivity contribution < 1.29 is 14.3 Å². The van der Waals surface area contributed by atoms with Gasteiger partial charge in [-0.3, -0.25) is 4.79 Å². The van der Waals surface area contributed by atoms with E-state index in [-0.39, 0.29) is 11.9 Å². The van der Waals surface area contributed by atoms with Crippen molar-refractivity contribution in [2.75, 3.05) is 19.0 Å². The van der Waals surface area contributed by atoms with Crippen LogP contribution < -0.4 is 14.8 Å². The summed E-state index contributed by atoms with van der Waals surface area (Å²) in [5.74, 6) is 2.70. The molecule has 138 valence electrons. The van der Waals surface area contributed by atoms with E-state index in [0.29, 0.717) is 25.0 Å². The molecule has 8 heteroatoms. The van der Waals surface area contributed by atoms with Crippen LogP contribution in [-0.4, -0.2) is 39.6 Å². The molecule has 1 aliphatic heterocycles. The van der Waals surface area contributed by atoms with E-state index >= 15 is 0 Å². The molecule has 1 aliphatic carbocycles. The van der Waals surface area contributed by atoms with Gasteiger partial charge in [-0.2, -0.15) is 0 Å². The maximum atomic E-state index is 12.3. The fraction of sp³-hybridized carbons (Fsp3) is 0.500. The van der Waals surface area contributed by atoms with Crippen LogP contribution in [0, 0.1) is 6.92 Å². The van der Waals surface area contributed by atoms with Gasteiger partial charge in [0, 0.05) is 6.04 Å². The molecule has 0 unspecified atom stereocenters. The van der Waals surface area contributed by atoms with E-state index in [9.17, 15) is 4.79 Å². The summed E-state index contributed by atoms with van der Waals surface area (Å²) in [5, 5.41) is 12.2. The van der Waals surface area contributed by atoms with Gasteiger partial charge in [0.05, 0.1) is 11.8 Å². The first kappa shape index (κ1) is 17.2. The number of fused-ring (bicyclic) bond motifs is 1. The Bertz CT molecular complexity index is 819. The number of nitrogens with one attached hydrogen (secondary N) is 1. The predicted molar refractivity (Wildman–Crippen MR) is 97.7 cm³/mol. The number of hydrogen-bond acceptors (Lipinski definition) is 6. The molecule has 1 amide bonds. The quantitative estimate of drug-likeness (QED) is 0.783. The van der Waals surface area contributed by atoms with Crippen molar-refractivity contribution in [2.24, 2.45) is 0 Å². The lowest BCUT2D eigenvalue weighted by molar-refractivity contribution is -0.119. The summed E-state index contributed by atoms with van der Waals surface area (Å²) in [6.07, 6.45) is 2.33. The van der Waals surface area contributed by atoms with Crippen LogP contribution in [0.4, 0.5) is 0 Å². The van der Waals surface area contributed by atoms with E-state index in [1.807, 2.05) is 32.0 Å². The number of carbonyl (C=O) groups is 1. The van der Waals surface area contributed by atoms with Crippen LogP contribution in [0.1, 0.15) is 43.2 Å². The maximum absolute atomic E-state index is 12.3. The number of aryl methyl sites for hydroxylation is 1. The Morgan fingerprint density at radius 1 is 1.31 bits per heavy atom. The van der Waals surface area contributed by atoms with Crippen LogP contribution in [-0.2, 0) is 4.79 Å². The minimum absolute atomic E-state index is 0.0274. The molecule has 2 aromatic rings. The van der Waals surface area contributed by atoms with Crippen LogP contribution in [0.3, 0.4) is 0 Å². The number of nitrogens with zero attached hydrogens (tertiary/aromatic N) is 3. The third kappa shape index (κ3) is 3.65. The average Bonchev–Trinajstić information content (AvgIpc) is 3.42. The monoisotopic (exact) mass is 374 g/mol. The van der Waals surface area contributed by atoms with Crippen LogP contribution in [0.5, 0.6) is 11.5 Å². The summed E-state index contributed by atoms with van der Waals surface area (Å²) >= 11 is 1.44. The molecule has 1 N–H and O–H groups in total. The molecule has 0 bridgehead atoms. The van der Waals surface area contributed by atoms with Crippen molar-refractivity contribution in [1.29, 1.82) is 0 Å². The molecule has 1 saturated carbocycles. The third-order valence-electron chi connectivity index (χ3n) is 4.52. The molecule has 1 fully saturated rings. The Hall–Kier alpha value is -2.22. The molecule has 1 aromatic carbocycles. The van der Waals surface area contributed by atoms with Gasteiger partial charge in [0.25, 0.3) is 0 Å². The molecule has 2 aliphatic rings. The third-order valence-corrected chi connectivity index (χ3v) is 5.47. The first-order chi connectivity index (χ1) is 12.6. The minimum Gasteiger partial charge on any atom is -0.486 e. The number of ether oxygens (including phenoxy) is 2. The topological polar surface area (TPSA) is 78.3 Å². The van der Waals surface area contributed by atoms with Crippen LogP contribution in [0.25, 0.3) is 0 Å². The second-order valence-corrected chi connectivity index (χ2v) is 7.55. The normalized spacial score (nSPS) is 17.0. The van der Waals surface area contributed by atoms with Crippen molar-refractivity contribution in [3.05, 3.63) is 29.6 Å². The van der Waals surface area contributed by atoms with Gasteiger partial charge in [-0.1, -0.05) is 17.8 Å². The van der Waals surface area contributed by atoms with Gasteiger partial charge in [0.15, 0.2) is 16.7 Å². The average molecular weight is 374 g/mol. The summed E-state index contributed by atoms with van der Waals surface area (Å²) in [4.78, 5) is 12.3. The van der Waals surface area contributed by atoms with E-state index in [0.717, 1.165) is 28.0 Å². The van der Waals surface area contributed by atoms with E-state index in [1.165, 1.54) is 24.6 Å². The zero-order valence-electron chi connectivity index (χ0n) is 14.9. The van der Waals surface area contributed by atoms with Crippen molar-refractivity contribution >= 4 is 17.7 Å². The van der Waals surface area contributed by atoms with Crippen molar-refractivity contribution in [3.63, 3.8) is 0 Å². The highest BCUT2D eigenvalue weighted by molar-refractivity contribution is 7.99. The van der Waals surface area contributed by atoms with Gasteiger partial charge < -0.3 is 19.4 Å². The molecule has 0 saturated heterocycles. The first-order valence-electron chi connectivity index (χ1n) is 8.85. The highest BCUT2D eigenvalue weighted by atomic mass is 32.2. The Labute approximate surface area is 156 Å². The number of thioether (sulfide) groups is 1. The van der Waals surface area contributed by atoms with Crippen molar-refractivity contribution in [2.45, 2.75) is 43.9 Å². The largest absolute Gasteiger partial charge is 0.486 e. The molecular weight excluding hydrogens is 352 g/mol. The molecule has 1 aromatic heterocycles. The van der Waals surface area contributed by atoms with Gasteiger partial charge in [-0.05, 0) is 44.4 Å². The van der Waals surface area contributed by atoms with E-state index in [4.69, 9.17) is 9.47 Å². The summed E-state index contributed by atoms with van der Waals surface area (Å²) < 4.78 is 13.3. The number of benzene rings is 1. The summed E-state index contributed by atoms with van der Waals surface area (Å²) in [6.45, 7) is 5.04. The number of amides is 1. The van der Waals surface area contributed by atoms with Gasteiger partial charge in [0.2, 0.25) is 5.91 Å². The molecule has 4 rings (SSSR count). The van der Waals surface area contributed by atoms with Gasteiger partial charge >= 0.3 is 0 Å². The summed E-state index contributed by atoms with van der Waals surface area (Å²) in [5.41, 5.74) is 0.990. The molecule has 26 heavy (non-hydrogen) atoms. The lowest BCUT2D eigenvalue weighted by Gasteiger charge is -2.21. The highest BCUT2D eigenvalue weighted by Gasteiger charge is 2.28. The molecule has 1 atom stereocenters. The summed E-state index contributed by atoms with van der Waals surface area (Å²) in [7, 11) is 0. The predicted octanol–water partition coefficient (Wildman–Crippen LogP) is 2.66. The van der Waals surface area contributed by atoms with Crippen molar-refractivity contribution in [3.8, 4) is 11.5 Å². The Morgan fingerprint density at radius 2 is 2.08 bits per heavy atom. The van der Waals surface area contributed by atoms with Crippen LogP contribution in [0.15, 0.2) is 23.4 Å². The fourth-order valence-electron chi connectivity index (χ4n) is 3.03. The Morgan fingerprint density at radius 3 is 2.85 bits per heavy atom.